The van der Waals surface area contributed by atoms with Gasteiger partial charge in [-0.05, 0) is 6.42 Å². The van der Waals surface area contributed by atoms with Gasteiger partial charge in [-0.15, -0.1) is 11.8 Å². The van der Waals surface area contributed by atoms with Crippen molar-refractivity contribution in [3.63, 3.8) is 0 Å². The summed E-state index contributed by atoms with van der Waals surface area (Å²) < 4.78 is 0. The van der Waals surface area contributed by atoms with Gasteiger partial charge in [0, 0.05) is 18.8 Å². The van der Waals surface area contributed by atoms with Crippen LogP contribution in [0.4, 0.5) is 4.79 Å². The molecule has 7 nitrogen and oxygen atoms in total. The largest absolute Gasteiger partial charge is 0.480 e. The molecule has 1 unspecified atom stereocenters. The van der Waals surface area contributed by atoms with Crippen LogP contribution in [0.1, 0.15) is 6.42 Å². The number of likely N-dealkylation sites (tertiary alicyclic amines) is 1. The zero-order valence-corrected chi connectivity index (χ0v) is 10.6. The number of rotatable bonds is 2. The van der Waals surface area contributed by atoms with Crippen LogP contribution in [0.3, 0.4) is 0 Å². The molecule has 3 N–H and O–H groups in total. The van der Waals surface area contributed by atoms with Gasteiger partial charge < -0.3 is 20.6 Å². The molecule has 0 spiro atoms. The van der Waals surface area contributed by atoms with Crippen LogP contribution >= 0.6 is 11.8 Å². The molecule has 2 aliphatic heterocycles. The molecular weight excluding hydrogens is 258 g/mol. The van der Waals surface area contributed by atoms with Crippen molar-refractivity contribution in [3.05, 3.63) is 0 Å². The fourth-order valence-electron chi connectivity index (χ4n) is 2.18. The van der Waals surface area contributed by atoms with Crippen LogP contribution in [0, 0.1) is 5.92 Å². The maximum absolute atomic E-state index is 12.2. The van der Waals surface area contributed by atoms with Crippen LogP contribution < -0.4 is 5.73 Å². The summed E-state index contributed by atoms with van der Waals surface area (Å²) in [6.45, 7) is 0.752. The molecule has 3 amide bonds. The fraction of sp³-hybridized carbons (Fsp3) is 0.700. The summed E-state index contributed by atoms with van der Waals surface area (Å²) in [5.74, 6) is -0.913. The zero-order chi connectivity index (χ0) is 13.3. The van der Waals surface area contributed by atoms with Crippen molar-refractivity contribution in [2.75, 3.05) is 24.7 Å². The van der Waals surface area contributed by atoms with E-state index in [0.29, 0.717) is 31.1 Å². The molecule has 0 aliphatic carbocycles. The molecule has 0 saturated carbocycles. The second-order valence-corrected chi connectivity index (χ2v) is 5.44. The molecular formula is C10H15N3O4S. The Morgan fingerprint density at radius 2 is 2.06 bits per heavy atom. The van der Waals surface area contributed by atoms with Gasteiger partial charge in [-0.2, -0.15) is 0 Å². The standard InChI is InChI=1S/C10H15N3O4S/c11-8(14)6-1-2-12(3-6)10(17)13-5-18-4-7(13)9(15)16/h6-7H,1-5H2,(H2,11,14)(H,15,16)/t6?,7-/m0/s1. The van der Waals surface area contributed by atoms with E-state index in [9.17, 15) is 14.4 Å². The number of carboxylic acid groups (broad SMARTS) is 1. The Kier molecular flexibility index (Phi) is 3.65. The van der Waals surface area contributed by atoms with Gasteiger partial charge in [0.05, 0.1) is 11.8 Å². The number of nitrogens with zero attached hydrogens (tertiary/aromatic N) is 2. The highest BCUT2D eigenvalue weighted by Gasteiger charge is 2.39. The molecule has 2 rings (SSSR count). The van der Waals surface area contributed by atoms with Crippen molar-refractivity contribution in [3.8, 4) is 0 Å². The predicted octanol–water partition coefficient (Wildman–Crippen LogP) is -0.627. The van der Waals surface area contributed by atoms with Gasteiger partial charge in [-0.3, -0.25) is 4.79 Å². The molecule has 2 saturated heterocycles. The molecule has 18 heavy (non-hydrogen) atoms. The summed E-state index contributed by atoms with van der Waals surface area (Å²) >= 11 is 1.42. The predicted molar refractivity (Wildman–Crippen MR) is 64.9 cm³/mol. The minimum absolute atomic E-state index is 0.293. The summed E-state index contributed by atoms with van der Waals surface area (Å²) in [6.07, 6.45) is 0.555. The lowest BCUT2D eigenvalue weighted by atomic mass is 10.1. The quantitative estimate of drug-likeness (QED) is 0.697. The summed E-state index contributed by atoms with van der Waals surface area (Å²) in [5, 5.41) is 9.02. The molecule has 0 bridgehead atoms. The van der Waals surface area contributed by atoms with Crippen LogP contribution in [0.25, 0.3) is 0 Å². The number of carboxylic acids is 1. The van der Waals surface area contributed by atoms with Gasteiger partial charge in [0.2, 0.25) is 5.91 Å². The Morgan fingerprint density at radius 3 is 2.61 bits per heavy atom. The van der Waals surface area contributed by atoms with Gasteiger partial charge in [-0.25, -0.2) is 9.59 Å². The first kappa shape index (κ1) is 13.0. The first-order valence-corrected chi connectivity index (χ1v) is 6.81. The molecule has 2 atom stereocenters. The lowest BCUT2D eigenvalue weighted by Crippen LogP contribution is -2.48. The van der Waals surface area contributed by atoms with Gasteiger partial charge in [-0.1, -0.05) is 0 Å². The van der Waals surface area contributed by atoms with E-state index >= 15 is 0 Å². The molecule has 8 heteroatoms. The molecule has 0 radical (unpaired) electrons. The van der Waals surface area contributed by atoms with Crippen molar-refractivity contribution in [1.29, 1.82) is 0 Å². The van der Waals surface area contributed by atoms with Gasteiger partial charge in [0.1, 0.15) is 6.04 Å². The second kappa shape index (κ2) is 5.05. The van der Waals surface area contributed by atoms with Gasteiger partial charge in [0.15, 0.2) is 0 Å². The number of primary amides is 1. The number of urea groups is 1. The number of amides is 3. The van der Waals surface area contributed by atoms with Crippen LogP contribution in [-0.2, 0) is 9.59 Å². The van der Waals surface area contributed by atoms with Crippen LogP contribution in [-0.4, -0.2) is 63.6 Å². The Labute approximate surface area is 108 Å². The molecule has 2 fully saturated rings. The highest BCUT2D eigenvalue weighted by molar-refractivity contribution is 7.99. The van der Waals surface area contributed by atoms with E-state index in [4.69, 9.17) is 10.8 Å². The first-order chi connectivity index (χ1) is 8.50. The summed E-state index contributed by atoms with van der Waals surface area (Å²) in [6, 6.07) is -1.08. The summed E-state index contributed by atoms with van der Waals surface area (Å²) in [5.41, 5.74) is 5.20. The normalized spacial score (nSPS) is 27.6. The fourth-order valence-corrected chi connectivity index (χ4v) is 3.32. The van der Waals surface area contributed by atoms with E-state index in [1.165, 1.54) is 21.6 Å². The average Bonchev–Trinajstić information content (AvgIpc) is 2.97. The average molecular weight is 273 g/mol. The van der Waals surface area contributed by atoms with Crippen molar-refractivity contribution in [2.45, 2.75) is 12.5 Å². The van der Waals surface area contributed by atoms with Crippen LogP contribution in [0.15, 0.2) is 0 Å². The molecule has 2 aliphatic rings. The van der Waals surface area contributed by atoms with E-state index in [2.05, 4.69) is 0 Å². The molecule has 2 heterocycles. The third kappa shape index (κ3) is 2.38. The SMILES string of the molecule is NC(=O)C1CCN(C(=O)N2CSC[C@H]2C(=O)O)C1. The summed E-state index contributed by atoms with van der Waals surface area (Å²) in [7, 11) is 0. The molecule has 0 aromatic rings. The number of carbonyl (C=O) groups excluding carboxylic acids is 2. The third-order valence-corrected chi connectivity index (χ3v) is 4.29. The zero-order valence-electron chi connectivity index (χ0n) is 9.74. The molecule has 0 aromatic heterocycles. The maximum atomic E-state index is 12.2. The number of thioether (sulfide) groups is 1. The van der Waals surface area contributed by atoms with Crippen LogP contribution in [0.5, 0.6) is 0 Å². The number of carbonyl (C=O) groups is 3. The number of hydrogen-bond acceptors (Lipinski definition) is 4. The second-order valence-electron chi connectivity index (χ2n) is 4.44. The number of hydrogen-bond donors (Lipinski definition) is 2. The van der Waals surface area contributed by atoms with Gasteiger partial charge >= 0.3 is 12.0 Å². The Bertz CT molecular complexity index is 389. The first-order valence-electron chi connectivity index (χ1n) is 5.66. The topological polar surface area (TPSA) is 104 Å². The monoisotopic (exact) mass is 273 g/mol. The van der Waals surface area contributed by atoms with Crippen molar-refractivity contribution in [2.24, 2.45) is 11.7 Å². The van der Waals surface area contributed by atoms with E-state index in [1.54, 1.807) is 0 Å². The Hall–Kier alpha value is -1.44. The highest BCUT2D eigenvalue weighted by atomic mass is 32.2. The maximum Gasteiger partial charge on any atom is 0.327 e. The van der Waals surface area contributed by atoms with E-state index < -0.39 is 17.9 Å². The Morgan fingerprint density at radius 1 is 1.33 bits per heavy atom. The smallest absolute Gasteiger partial charge is 0.327 e. The minimum Gasteiger partial charge on any atom is -0.480 e. The Balaban J connectivity index is 2.00. The molecule has 0 aromatic carbocycles. The number of nitrogens with two attached hydrogens (primary N) is 1. The summed E-state index contributed by atoms with van der Waals surface area (Å²) in [4.78, 5) is 37.0. The van der Waals surface area contributed by atoms with E-state index in [0.717, 1.165) is 0 Å². The van der Waals surface area contributed by atoms with Crippen molar-refractivity contribution >= 4 is 29.7 Å². The lowest BCUT2D eigenvalue weighted by molar-refractivity contribution is -0.141. The van der Waals surface area contributed by atoms with Crippen molar-refractivity contribution < 1.29 is 19.5 Å². The number of aliphatic carboxylic acids is 1. The van der Waals surface area contributed by atoms with E-state index in [1.807, 2.05) is 0 Å². The van der Waals surface area contributed by atoms with Crippen molar-refractivity contribution in [1.82, 2.24) is 9.80 Å². The van der Waals surface area contributed by atoms with E-state index in [-0.39, 0.29) is 11.9 Å². The lowest BCUT2D eigenvalue weighted by Gasteiger charge is -2.26. The highest BCUT2D eigenvalue weighted by Crippen LogP contribution is 2.25. The minimum atomic E-state index is -0.987. The molecule has 100 valence electrons. The van der Waals surface area contributed by atoms with Gasteiger partial charge in [0.25, 0.3) is 0 Å². The van der Waals surface area contributed by atoms with Crippen LogP contribution in [0.2, 0.25) is 0 Å². The third-order valence-electron chi connectivity index (χ3n) is 3.27.